The lowest BCUT2D eigenvalue weighted by Crippen LogP contribution is -1.93. The molecule has 4 aromatic rings. The summed E-state index contributed by atoms with van der Waals surface area (Å²) in [6.07, 6.45) is 3.52. The van der Waals surface area contributed by atoms with Gasteiger partial charge in [0.2, 0.25) is 0 Å². The summed E-state index contributed by atoms with van der Waals surface area (Å²) in [5.74, 6) is 0. The predicted octanol–water partition coefficient (Wildman–Crippen LogP) is 4.55. The SMILES string of the molecule is Cc1cc(C#N)ccc1Nc1ccc2[nH]nc(-c3ccncc3)c2c1. The van der Waals surface area contributed by atoms with E-state index in [1.54, 1.807) is 12.4 Å². The molecule has 2 N–H and O–H groups in total. The van der Waals surface area contributed by atoms with Crippen molar-refractivity contribution in [1.29, 1.82) is 5.26 Å². The first-order valence-electron chi connectivity index (χ1n) is 7.91. The van der Waals surface area contributed by atoms with Crippen molar-refractivity contribution in [2.75, 3.05) is 5.32 Å². The number of hydrogen-bond donors (Lipinski definition) is 2. The van der Waals surface area contributed by atoms with Crippen LogP contribution in [0.4, 0.5) is 11.4 Å². The maximum Gasteiger partial charge on any atom is 0.100 e. The second-order valence-corrected chi connectivity index (χ2v) is 5.83. The molecule has 2 aromatic heterocycles. The summed E-state index contributed by atoms with van der Waals surface area (Å²) >= 11 is 0. The van der Waals surface area contributed by atoms with Crippen LogP contribution in [0.15, 0.2) is 60.9 Å². The van der Waals surface area contributed by atoms with Gasteiger partial charge in [0.25, 0.3) is 0 Å². The van der Waals surface area contributed by atoms with Crippen molar-refractivity contribution in [3.8, 4) is 17.3 Å². The van der Waals surface area contributed by atoms with Crippen molar-refractivity contribution in [1.82, 2.24) is 15.2 Å². The van der Waals surface area contributed by atoms with Crippen molar-refractivity contribution in [3.05, 3.63) is 72.1 Å². The highest BCUT2D eigenvalue weighted by atomic mass is 15.1. The second kappa shape index (κ2) is 6.10. The van der Waals surface area contributed by atoms with E-state index in [0.29, 0.717) is 5.56 Å². The molecule has 0 bridgehead atoms. The van der Waals surface area contributed by atoms with E-state index in [4.69, 9.17) is 5.26 Å². The Kier molecular flexibility index (Phi) is 3.64. The van der Waals surface area contributed by atoms with Gasteiger partial charge in [0, 0.05) is 34.7 Å². The van der Waals surface area contributed by atoms with E-state index in [1.165, 1.54) is 0 Å². The summed E-state index contributed by atoms with van der Waals surface area (Å²) in [7, 11) is 0. The van der Waals surface area contributed by atoms with Gasteiger partial charge < -0.3 is 5.32 Å². The van der Waals surface area contributed by atoms with Crippen LogP contribution in [0.1, 0.15) is 11.1 Å². The van der Waals surface area contributed by atoms with Crippen LogP contribution in [-0.2, 0) is 0 Å². The van der Waals surface area contributed by atoms with E-state index in [9.17, 15) is 0 Å². The number of aryl methyl sites for hydroxylation is 1. The molecular weight excluding hydrogens is 310 g/mol. The lowest BCUT2D eigenvalue weighted by molar-refractivity contribution is 1.12. The number of benzene rings is 2. The first-order valence-corrected chi connectivity index (χ1v) is 7.91. The zero-order valence-electron chi connectivity index (χ0n) is 13.6. The highest BCUT2D eigenvalue weighted by molar-refractivity contribution is 5.95. The summed E-state index contributed by atoms with van der Waals surface area (Å²) in [4.78, 5) is 4.06. The molecule has 2 heterocycles. The Morgan fingerprint density at radius 1 is 1.04 bits per heavy atom. The monoisotopic (exact) mass is 325 g/mol. The number of aromatic amines is 1. The summed E-state index contributed by atoms with van der Waals surface area (Å²) in [5.41, 5.74) is 6.54. The third kappa shape index (κ3) is 2.81. The summed E-state index contributed by atoms with van der Waals surface area (Å²) in [5, 5.41) is 21.0. The minimum Gasteiger partial charge on any atom is -0.355 e. The highest BCUT2D eigenvalue weighted by Gasteiger charge is 2.09. The molecule has 0 amide bonds. The van der Waals surface area contributed by atoms with Gasteiger partial charge in [-0.1, -0.05) is 0 Å². The Morgan fingerprint density at radius 2 is 1.88 bits per heavy atom. The van der Waals surface area contributed by atoms with Crippen LogP contribution >= 0.6 is 0 Å². The van der Waals surface area contributed by atoms with Gasteiger partial charge >= 0.3 is 0 Å². The third-order valence-corrected chi connectivity index (χ3v) is 4.15. The van der Waals surface area contributed by atoms with E-state index in [0.717, 1.165) is 39.1 Å². The number of anilines is 2. The molecule has 25 heavy (non-hydrogen) atoms. The molecule has 0 saturated heterocycles. The fraction of sp³-hybridized carbons (Fsp3) is 0.0500. The Morgan fingerprint density at radius 3 is 2.64 bits per heavy atom. The van der Waals surface area contributed by atoms with Crippen LogP contribution in [-0.4, -0.2) is 15.2 Å². The van der Waals surface area contributed by atoms with Gasteiger partial charge in [-0.2, -0.15) is 10.4 Å². The molecule has 0 fully saturated rings. The molecule has 0 radical (unpaired) electrons. The molecule has 5 heteroatoms. The summed E-state index contributed by atoms with van der Waals surface area (Å²) in [6, 6.07) is 17.8. The van der Waals surface area contributed by atoms with Crippen LogP contribution in [0.5, 0.6) is 0 Å². The van der Waals surface area contributed by atoms with Crippen molar-refractivity contribution in [3.63, 3.8) is 0 Å². The predicted molar refractivity (Wildman–Crippen MR) is 98.5 cm³/mol. The average Bonchev–Trinajstić information content (AvgIpc) is 3.07. The largest absolute Gasteiger partial charge is 0.355 e. The maximum absolute atomic E-state index is 8.99. The lowest BCUT2D eigenvalue weighted by atomic mass is 10.1. The Hall–Kier alpha value is -3.65. The Balaban J connectivity index is 1.73. The minimum atomic E-state index is 0.660. The number of H-pyrrole nitrogens is 1. The molecule has 0 aliphatic carbocycles. The number of nitrogens with zero attached hydrogens (tertiary/aromatic N) is 3. The van der Waals surface area contributed by atoms with Gasteiger partial charge in [-0.3, -0.25) is 10.1 Å². The van der Waals surface area contributed by atoms with Gasteiger partial charge in [-0.15, -0.1) is 0 Å². The molecule has 0 aliphatic heterocycles. The number of rotatable bonds is 3. The van der Waals surface area contributed by atoms with E-state index >= 15 is 0 Å². The number of fused-ring (bicyclic) bond motifs is 1. The van der Waals surface area contributed by atoms with Crippen molar-refractivity contribution in [2.24, 2.45) is 0 Å². The quantitative estimate of drug-likeness (QED) is 0.579. The molecular formula is C20H15N5. The van der Waals surface area contributed by atoms with E-state index < -0.39 is 0 Å². The molecule has 0 saturated carbocycles. The maximum atomic E-state index is 8.99. The third-order valence-electron chi connectivity index (χ3n) is 4.15. The zero-order valence-corrected chi connectivity index (χ0v) is 13.6. The van der Waals surface area contributed by atoms with E-state index in [-0.39, 0.29) is 0 Å². The molecule has 2 aromatic carbocycles. The van der Waals surface area contributed by atoms with E-state index in [1.807, 2.05) is 49.4 Å². The fourth-order valence-corrected chi connectivity index (χ4v) is 2.85. The first-order chi connectivity index (χ1) is 12.2. The molecule has 0 spiro atoms. The summed E-state index contributed by atoms with van der Waals surface area (Å²) in [6.45, 7) is 1.99. The number of nitrogens with one attached hydrogen (secondary N) is 2. The standard InChI is InChI=1S/C20H15N5/c1-13-10-14(12-21)2-4-18(13)23-16-3-5-19-17(11-16)20(25-24-19)15-6-8-22-9-7-15/h2-11,23H,1H3,(H,24,25). The normalized spacial score (nSPS) is 10.6. The van der Waals surface area contributed by atoms with Crippen molar-refractivity contribution >= 4 is 22.3 Å². The molecule has 0 atom stereocenters. The number of hydrogen-bond acceptors (Lipinski definition) is 4. The Labute approximate surface area is 145 Å². The van der Waals surface area contributed by atoms with Crippen LogP contribution in [0.2, 0.25) is 0 Å². The first kappa shape index (κ1) is 14.9. The second-order valence-electron chi connectivity index (χ2n) is 5.83. The van der Waals surface area contributed by atoms with Crippen LogP contribution < -0.4 is 5.32 Å². The topological polar surface area (TPSA) is 77.4 Å². The molecule has 4 rings (SSSR count). The number of aromatic nitrogens is 3. The molecule has 5 nitrogen and oxygen atoms in total. The van der Waals surface area contributed by atoms with Crippen LogP contribution in [0.3, 0.4) is 0 Å². The Bertz CT molecular complexity index is 1090. The highest BCUT2D eigenvalue weighted by Crippen LogP contribution is 2.30. The average molecular weight is 325 g/mol. The summed E-state index contributed by atoms with van der Waals surface area (Å²) < 4.78 is 0. The van der Waals surface area contributed by atoms with Gasteiger partial charge in [0.1, 0.15) is 5.69 Å². The lowest BCUT2D eigenvalue weighted by Gasteiger charge is -2.10. The fourth-order valence-electron chi connectivity index (χ4n) is 2.85. The molecule has 0 aliphatic rings. The van der Waals surface area contributed by atoms with Crippen LogP contribution in [0, 0.1) is 18.3 Å². The van der Waals surface area contributed by atoms with Crippen molar-refractivity contribution in [2.45, 2.75) is 6.92 Å². The van der Waals surface area contributed by atoms with E-state index in [2.05, 4.69) is 32.6 Å². The molecule has 120 valence electrons. The number of pyridine rings is 1. The smallest absolute Gasteiger partial charge is 0.100 e. The van der Waals surface area contributed by atoms with Gasteiger partial charge in [0.15, 0.2) is 0 Å². The van der Waals surface area contributed by atoms with Crippen molar-refractivity contribution < 1.29 is 0 Å². The molecule has 0 unspecified atom stereocenters. The number of nitriles is 1. The van der Waals surface area contributed by atoms with Gasteiger partial charge in [0.05, 0.1) is 17.1 Å². The van der Waals surface area contributed by atoms with Crippen LogP contribution in [0.25, 0.3) is 22.2 Å². The van der Waals surface area contributed by atoms with Gasteiger partial charge in [-0.25, -0.2) is 0 Å². The minimum absolute atomic E-state index is 0.660. The zero-order chi connectivity index (χ0) is 17.2. The van der Waals surface area contributed by atoms with Gasteiger partial charge in [-0.05, 0) is 61.0 Å².